The minimum Gasteiger partial charge on any atom is -0.480 e. The number of carbonyl (C=O) groups is 1. The van der Waals surface area contributed by atoms with Gasteiger partial charge in [0.1, 0.15) is 6.04 Å². The van der Waals surface area contributed by atoms with E-state index in [0.717, 1.165) is 0 Å². The molecule has 1 aliphatic heterocycles. The molecule has 1 saturated heterocycles. The maximum absolute atomic E-state index is 10.4. The summed E-state index contributed by atoms with van der Waals surface area (Å²) in [6, 6.07) is -0.728. The zero-order chi connectivity index (χ0) is 8.43. The van der Waals surface area contributed by atoms with Crippen LogP contribution in [0.15, 0.2) is 0 Å². The van der Waals surface area contributed by atoms with E-state index in [2.05, 4.69) is 5.32 Å². The van der Waals surface area contributed by atoms with Gasteiger partial charge in [0.2, 0.25) is 0 Å². The molecule has 1 fully saturated rings. The summed E-state index contributed by atoms with van der Waals surface area (Å²) in [5.74, 6) is -0.990. The molecule has 0 aromatic heterocycles. The second-order valence-corrected chi connectivity index (χ2v) is 2.67. The fourth-order valence-electron chi connectivity index (χ4n) is 1.07. The van der Waals surface area contributed by atoms with Crippen LogP contribution in [-0.2, 0) is 4.79 Å². The van der Waals surface area contributed by atoms with Crippen molar-refractivity contribution in [3.05, 3.63) is 0 Å². The van der Waals surface area contributed by atoms with Gasteiger partial charge in [0.15, 0.2) is 0 Å². The summed E-state index contributed by atoms with van der Waals surface area (Å²) < 4.78 is 0. The van der Waals surface area contributed by atoms with Crippen LogP contribution in [0.5, 0.6) is 0 Å². The summed E-state index contributed by atoms with van der Waals surface area (Å²) in [6.45, 7) is 0.137. The highest BCUT2D eigenvalue weighted by Crippen LogP contribution is 2.08. The first-order valence-electron chi connectivity index (χ1n) is 3.43. The topological polar surface area (TPSA) is 89.8 Å². The third-order valence-electron chi connectivity index (χ3n) is 1.79. The fourth-order valence-corrected chi connectivity index (χ4v) is 1.07. The predicted octanol–water partition coefficient (Wildman–Crippen LogP) is -1.85. The molecular weight excluding hydrogens is 150 g/mol. The Labute approximate surface area is 63.7 Å². The number of hydrogen-bond acceptors (Lipinski definition) is 4. The third-order valence-corrected chi connectivity index (χ3v) is 1.79. The van der Waals surface area contributed by atoms with E-state index in [-0.39, 0.29) is 13.0 Å². The van der Waals surface area contributed by atoms with Gasteiger partial charge >= 0.3 is 5.97 Å². The summed E-state index contributed by atoms with van der Waals surface area (Å²) >= 11 is 0. The number of β-amino-alcohol motifs (C(OH)–C–C–N with tert-alkyl or cyclic N) is 1. The number of nitrogens with one attached hydrogen (secondary N) is 1. The maximum atomic E-state index is 10.4. The van der Waals surface area contributed by atoms with Crippen LogP contribution in [0, 0.1) is 0 Å². The minimum atomic E-state index is -0.990. The second-order valence-electron chi connectivity index (χ2n) is 2.67. The monoisotopic (exact) mass is 161 g/mol. The average molecular weight is 161 g/mol. The Kier molecular flexibility index (Phi) is 2.43. The summed E-state index contributed by atoms with van der Waals surface area (Å²) in [5, 5.41) is 29.1. The van der Waals surface area contributed by atoms with E-state index in [1.54, 1.807) is 0 Å². The van der Waals surface area contributed by atoms with Crippen molar-refractivity contribution in [2.45, 2.75) is 24.7 Å². The highest BCUT2D eigenvalue weighted by atomic mass is 16.4. The van der Waals surface area contributed by atoms with Crippen molar-refractivity contribution in [3.63, 3.8) is 0 Å². The first-order chi connectivity index (χ1) is 5.11. The molecule has 0 radical (unpaired) electrons. The fraction of sp³-hybridized carbons (Fsp3) is 0.833. The summed E-state index contributed by atoms with van der Waals surface area (Å²) in [6.07, 6.45) is -1.70. The zero-order valence-electron chi connectivity index (χ0n) is 5.90. The van der Waals surface area contributed by atoms with Gasteiger partial charge in [-0.3, -0.25) is 4.79 Å². The molecule has 0 spiro atoms. The lowest BCUT2D eigenvalue weighted by Crippen LogP contribution is -2.52. The molecule has 5 heteroatoms. The summed E-state index contributed by atoms with van der Waals surface area (Å²) in [7, 11) is 0. The van der Waals surface area contributed by atoms with Gasteiger partial charge in [0.25, 0.3) is 0 Å². The van der Waals surface area contributed by atoms with Crippen molar-refractivity contribution in [2.24, 2.45) is 0 Å². The smallest absolute Gasteiger partial charge is 0.320 e. The average Bonchev–Trinajstić information content (AvgIpc) is 1.94. The van der Waals surface area contributed by atoms with Gasteiger partial charge in [0, 0.05) is 13.0 Å². The predicted molar refractivity (Wildman–Crippen MR) is 36.1 cm³/mol. The van der Waals surface area contributed by atoms with E-state index >= 15 is 0 Å². The van der Waals surface area contributed by atoms with E-state index in [1.165, 1.54) is 0 Å². The van der Waals surface area contributed by atoms with Crippen LogP contribution in [0.25, 0.3) is 0 Å². The SMILES string of the molecule is O=C(O)C1CC(O)C(O)CN1. The Morgan fingerprint density at radius 1 is 1.36 bits per heavy atom. The van der Waals surface area contributed by atoms with E-state index < -0.39 is 24.2 Å². The summed E-state index contributed by atoms with van der Waals surface area (Å²) in [5.41, 5.74) is 0. The standard InChI is InChI=1S/C6H11NO4/c8-4-1-3(6(10)11)7-2-5(4)9/h3-5,7-9H,1-2H2,(H,10,11). The molecule has 0 saturated carbocycles. The normalized spacial score (nSPS) is 38.5. The lowest BCUT2D eigenvalue weighted by molar-refractivity contribution is -0.142. The lowest BCUT2D eigenvalue weighted by Gasteiger charge is -2.28. The van der Waals surface area contributed by atoms with Crippen molar-refractivity contribution in [1.29, 1.82) is 0 Å². The Bertz CT molecular complexity index is 161. The molecule has 0 aromatic carbocycles. The lowest BCUT2D eigenvalue weighted by atomic mass is 10.00. The quantitative estimate of drug-likeness (QED) is 0.362. The van der Waals surface area contributed by atoms with Gasteiger partial charge in [-0.25, -0.2) is 0 Å². The van der Waals surface area contributed by atoms with Crippen molar-refractivity contribution >= 4 is 5.97 Å². The van der Waals surface area contributed by atoms with Crippen LogP contribution in [0.2, 0.25) is 0 Å². The molecule has 0 amide bonds. The van der Waals surface area contributed by atoms with Crippen molar-refractivity contribution in [2.75, 3.05) is 6.54 Å². The molecule has 0 aromatic rings. The Balaban J connectivity index is 2.46. The third kappa shape index (κ3) is 1.89. The van der Waals surface area contributed by atoms with Gasteiger partial charge < -0.3 is 20.6 Å². The van der Waals surface area contributed by atoms with Crippen LogP contribution in [0.1, 0.15) is 6.42 Å². The Morgan fingerprint density at radius 2 is 2.00 bits per heavy atom. The first-order valence-corrected chi connectivity index (χ1v) is 3.43. The molecule has 0 bridgehead atoms. The van der Waals surface area contributed by atoms with Gasteiger partial charge in [-0.2, -0.15) is 0 Å². The number of aliphatic hydroxyl groups excluding tert-OH is 2. The number of aliphatic carboxylic acids is 1. The van der Waals surface area contributed by atoms with Gasteiger partial charge in [-0.05, 0) is 0 Å². The van der Waals surface area contributed by atoms with Crippen molar-refractivity contribution in [1.82, 2.24) is 5.32 Å². The molecule has 11 heavy (non-hydrogen) atoms. The van der Waals surface area contributed by atoms with Gasteiger partial charge in [0.05, 0.1) is 12.2 Å². The molecule has 1 rings (SSSR count). The number of hydrogen-bond donors (Lipinski definition) is 4. The molecule has 0 aliphatic carbocycles. The molecule has 5 nitrogen and oxygen atoms in total. The van der Waals surface area contributed by atoms with Gasteiger partial charge in [-0.15, -0.1) is 0 Å². The zero-order valence-corrected chi connectivity index (χ0v) is 5.90. The molecular formula is C6H11NO4. The van der Waals surface area contributed by atoms with E-state index in [1.807, 2.05) is 0 Å². The van der Waals surface area contributed by atoms with Crippen LogP contribution in [0.3, 0.4) is 0 Å². The van der Waals surface area contributed by atoms with Gasteiger partial charge in [-0.1, -0.05) is 0 Å². The van der Waals surface area contributed by atoms with Crippen LogP contribution >= 0.6 is 0 Å². The second kappa shape index (κ2) is 3.17. The van der Waals surface area contributed by atoms with Crippen molar-refractivity contribution < 1.29 is 20.1 Å². The Hall–Kier alpha value is -0.650. The first kappa shape index (κ1) is 8.45. The number of carboxylic acids is 1. The number of piperidine rings is 1. The Morgan fingerprint density at radius 3 is 2.45 bits per heavy atom. The number of carboxylic acid groups (broad SMARTS) is 1. The maximum Gasteiger partial charge on any atom is 0.320 e. The summed E-state index contributed by atoms with van der Waals surface area (Å²) in [4.78, 5) is 10.4. The largest absolute Gasteiger partial charge is 0.480 e. The molecule has 3 unspecified atom stereocenters. The van der Waals surface area contributed by atoms with E-state index in [0.29, 0.717) is 0 Å². The van der Waals surface area contributed by atoms with Crippen LogP contribution in [0.4, 0.5) is 0 Å². The molecule has 4 N–H and O–H groups in total. The highest BCUT2D eigenvalue weighted by molar-refractivity contribution is 5.73. The molecule has 3 atom stereocenters. The van der Waals surface area contributed by atoms with E-state index in [9.17, 15) is 4.79 Å². The number of aliphatic hydroxyl groups is 2. The van der Waals surface area contributed by atoms with Crippen molar-refractivity contribution in [3.8, 4) is 0 Å². The van der Waals surface area contributed by atoms with Crippen LogP contribution < -0.4 is 5.32 Å². The molecule has 1 heterocycles. The number of rotatable bonds is 1. The highest BCUT2D eigenvalue weighted by Gasteiger charge is 2.30. The minimum absolute atomic E-state index is 0.0660. The van der Waals surface area contributed by atoms with Crippen LogP contribution in [-0.4, -0.2) is 46.1 Å². The molecule has 64 valence electrons. The molecule has 1 aliphatic rings. The van der Waals surface area contributed by atoms with E-state index in [4.69, 9.17) is 15.3 Å².